The van der Waals surface area contributed by atoms with E-state index in [1.54, 1.807) is 7.05 Å². The SMILES string of the molecule is Cn1nccc1S(=O)(=O)NC1(CN)CCCCCCC1. The molecule has 0 bridgehead atoms. The smallest absolute Gasteiger partial charge is 0.258 e. The van der Waals surface area contributed by atoms with E-state index in [9.17, 15) is 8.42 Å². The average molecular weight is 300 g/mol. The van der Waals surface area contributed by atoms with Gasteiger partial charge < -0.3 is 5.73 Å². The number of rotatable bonds is 4. The molecule has 1 aliphatic rings. The van der Waals surface area contributed by atoms with Crippen molar-refractivity contribution in [1.29, 1.82) is 0 Å². The lowest BCUT2D eigenvalue weighted by Gasteiger charge is -2.34. The van der Waals surface area contributed by atoms with Crippen LogP contribution < -0.4 is 10.5 Å². The first-order valence-electron chi connectivity index (χ1n) is 7.21. The summed E-state index contributed by atoms with van der Waals surface area (Å²) in [6.07, 6.45) is 8.67. The van der Waals surface area contributed by atoms with Crippen molar-refractivity contribution in [3.63, 3.8) is 0 Å². The number of sulfonamides is 1. The summed E-state index contributed by atoms with van der Waals surface area (Å²) in [4.78, 5) is 0. The number of aromatic nitrogens is 2. The molecule has 0 amide bonds. The van der Waals surface area contributed by atoms with Gasteiger partial charge in [-0.2, -0.15) is 5.10 Å². The van der Waals surface area contributed by atoms with Gasteiger partial charge >= 0.3 is 0 Å². The van der Waals surface area contributed by atoms with E-state index in [0.29, 0.717) is 6.54 Å². The Morgan fingerprint density at radius 1 is 1.30 bits per heavy atom. The molecule has 20 heavy (non-hydrogen) atoms. The Hall–Kier alpha value is -0.920. The highest BCUT2D eigenvalue weighted by molar-refractivity contribution is 7.89. The van der Waals surface area contributed by atoms with Crippen LogP contribution in [-0.4, -0.2) is 30.3 Å². The summed E-state index contributed by atoms with van der Waals surface area (Å²) in [5.41, 5.74) is 5.40. The predicted octanol–water partition coefficient (Wildman–Crippen LogP) is 1.14. The van der Waals surface area contributed by atoms with Crippen LogP contribution in [0.4, 0.5) is 0 Å². The van der Waals surface area contributed by atoms with Gasteiger partial charge in [-0.05, 0) is 18.9 Å². The first-order chi connectivity index (χ1) is 9.49. The summed E-state index contributed by atoms with van der Waals surface area (Å²) in [6.45, 7) is 0.337. The molecule has 1 fully saturated rings. The molecule has 0 radical (unpaired) electrons. The second kappa shape index (κ2) is 6.24. The standard InChI is InChI=1S/C13H24N4O2S/c1-17-12(7-10-15-17)20(18,19)16-13(11-14)8-5-3-2-4-6-9-13/h7,10,16H,2-6,8-9,11,14H2,1H3. The number of hydrogen-bond donors (Lipinski definition) is 2. The minimum absolute atomic E-state index is 0.187. The number of aryl methyl sites for hydroxylation is 1. The zero-order valence-corrected chi connectivity index (χ0v) is 12.8. The van der Waals surface area contributed by atoms with Gasteiger partial charge in [0.05, 0.1) is 6.20 Å². The Morgan fingerprint density at radius 3 is 2.40 bits per heavy atom. The Kier molecular flexibility index (Phi) is 4.82. The molecule has 1 aromatic heterocycles. The molecule has 0 spiro atoms. The molecule has 114 valence electrons. The van der Waals surface area contributed by atoms with Crippen LogP contribution in [-0.2, 0) is 17.1 Å². The molecule has 1 saturated carbocycles. The Morgan fingerprint density at radius 2 is 1.90 bits per heavy atom. The lowest BCUT2D eigenvalue weighted by molar-refractivity contribution is 0.295. The molecule has 0 aliphatic heterocycles. The van der Waals surface area contributed by atoms with Gasteiger partial charge in [0.15, 0.2) is 5.03 Å². The van der Waals surface area contributed by atoms with E-state index in [0.717, 1.165) is 38.5 Å². The van der Waals surface area contributed by atoms with Crippen molar-refractivity contribution in [2.75, 3.05) is 6.54 Å². The summed E-state index contributed by atoms with van der Waals surface area (Å²) in [5, 5.41) is 4.11. The molecule has 0 unspecified atom stereocenters. The fraction of sp³-hybridized carbons (Fsp3) is 0.769. The fourth-order valence-electron chi connectivity index (χ4n) is 2.89. The molecule has 0 atom stereocenters. The third kappa shape index (κ3) is 3.39. The Balaban J connectivity index is 2.22. The van der Waals surface area contributed by atoms with E-state index in [4.69, 9.17) is 5.73 Å². The molecule has 1 heterocycles. The summed E-state index contributed by atoms with van der Waals surface area (Å²) in [6, 6.07) is 1.51. The van der Waals surface area contributed by atoms with Crippen LogP contribution in [0.25, 0.3) is 0 Å². The molecular formula is C13H24N4O2S. The number of hydrogen-bond acceptors (Lipinski definition) is 4. The molecule has 0 saturated heterocycles. The minimum Gasteiger partial charge on any atom is -0.329 e. The number of nitrogens with one attached hydrogen (secondary N) is 1. The summed E-state index contributed by atoms with van der Waals surface area (Å²) < 4.78 is 29.3. The zero-order chi connectivity index (χ0) is 14.6. The van der Waals surface area contributed by atoms with Crippen LogP contribution in [0.1, 0.15) is 44.9 Å². The average Bonchev–Trinajstić information content (AvgIpc) is 2.80. The van der Waals surface area contributed by atoms with E-state index >= 15 is 0 Å². The van der Waals surface area contributed by atoms with Crippen molar-refractivity contribution in [2.45, 2.75) is 55.5 Å². The van der Waals surface area contributed by atoms with Crippen molar-refractivity contribution in [1.82, 2.24) is 14.5 Å². The van der Waals surface area contributed by atoms with E-state index in [2.05, 4.69) is 9.82 Å². The van der Waals surface area contributed by atoms with Crippen molar-refractivity contribution < 1.29 is 8.42 Å². The predicted molar refractivity (Wildman–Crippen MR) is 77.6 cm³/mol. The van der Waals surface area contributed by atoms with Gasteiger partial charge in [-0.25, -0.2) is 13.1 Å². The van der Waals surface area contributed by atoms with Gasteiger partial charge in [-0.1, -0.05) is 32.1 Å². The summed E-state index contributed by atoms with van der Waals surface area (Å²) in [5.74, 6) is 0. The zero-order valence-electron chi connectivity index (χ0n) is 12.0. The number of nitrogens with two attached hydrogens (primary N) is 1. The molecule has 7 heteroatoms. The molecule has 1 aromatic rings. The quantitative estimate of drug-likeness (QED) is 0.872. The number of nitrogens with zero attached hydrogens (tertiary/aromatic N) is 2. The van der Waals surface area contributed by atoms with E-state index in [1.807, 2.05) is 0 Å². The van der Waals surface area contributed by atoms with Gasteiger partial charge in [0.2, 0.25) is 0 Å². The van der Waals surface area contributed by atoms with Crippen molar-refractivity contribution in [3.05, 3.63) is 12.3 Å². The second-order valence-electron chi connectivity index (χ2n) is 5.65. The normalized spacial score (nSPS) is 20.3. The van der Waals surface area contributed by atoms with Gasteiger partial charge in [-0.15, -0.1) is 0 Å². The van der Waals surface area contributed by atoms with Crippen molar-refractivity contribution in [2.24, 2.45) is 12.8 Å². The van der Waals surface area contributed by atoms with Gasteiger partial charge in [0.25, 0.3) is 10.0 Å². The molecule has 2 rings (SSSR count). The van der Waals surface area contributed by atoms with Crippen molar-refractivity contribution in [3.8, 4) is 0 Å². The largest absolute Gasteiger partial charge is 0.329 e. The second-order valence-corrected chi connectivity index (χ2v) is 7.28. The third-order valence-corrected chi connectivity index (χ3v) is 5.76. The maximum Gasteiger partial charge on any atom is 0.258 e. The van der Waals surface area contributed by atoms with Gasteiger partial charge in [0, 0.05) is 19.1 Å². The first-order valence-corrected chi connectivity index (χ1v) is 8.69. The topological polar surface area (TPSA) is 90.0 Å². The highest BCUT2D eigenvalue weighted by atomic mass is 32.2. The summed E-state index contributed by atoms with van der Waals surface area (Å²) >= 11 is 0. The van der Waals surface area contributed by atoms with Crippen LogP contribution in [0.15, 0.2) is 17.3 Å². The monoisotopic (exact) mass is 300 g/mol. The fourth-order valence-corrected chi connectivity index (χ4v) is 4.49. The molecular weight excluding hydrogens is 276 g/mol. The highest BCUT2D eigenvalue weighted by Crippen LogP contribution is 2.27. The molecule has 1 aliphatic carbocycles. The van der Waals surface area contributed by atoms with Crippen LogP contribution in [0, 0.1) is 0 Å². The minimum atomic E-state index is -3.58. The molecule has 3 N–H and O–H groups in total. The van der Waals surface area contributed by atoms with Crippen LogP contribution in [0.2, 0.25) is 0 Å². The third-order valence-electron chi connectivity index (χ3n) is 4.10. The van der Waals surface area contributed by atoms with Gasteiger partial charge in [0.1, 0.15) is 0 Å². The lowest BCUT2D eigenvalue weighted by atomic mass is 9.85. The van der Waals surface area contributed by atoms with Crippen molar-refractivity contribution >= 4 is 10.0 Å². The Labute approximate surface area is 120 Å². The van der Waals surface area contributed by atoms with Crippen LogP contribution >= 0.6 is 0 Å². The lowest BCUT2D eigenvalue weighted by Crippen LogP contribution is -2.54. The maximum absolute atomic E-state index is 12.5. The summed E-state index contributed by atoms with van der Waals surface area (Å²) in [7, 11) is -1.95. The first kappa shape index (κ1) is 15.5. The van der Waals surface area contributed by atoms with E-state index in [1.165, 1.54) is 23.4 Å². The van der Waals surface area contributed by atoms with E-state index in [-0.39, 0.29) is 5.03 Å². The Bertz CT molecular complexity index is 530. The maximum atomic E-state index is 12.5. The van der Waals surface area contributed by atoms with E-state index < -0.39 is 15.6 Å². The van der Waals surface area contributed by atoms with Gasteiger partial charge in [-0.3, -0.25) is 4.68 Å². The molecule has 0 aromatic carbocycles. The molecule has 6 nitrogen and oxygen atoms in total. The van der Waals surface area contributed by atoms with Crippen LogP contribution in [0.3, 0.4) is 0 Å². The van der Waals surface area contributed by atoms with Crippen LogP contribution in [0.5, 0.6) is 0 Å². The highest BCUT2D eigenvalue weighted by Gasteiger charge is 2.34.